The molecular formula is C11H14O2S. The van der Waals surface area contributed by atoms with Crippen LogP contribution in [0, 0.1) is 5.92 Å². The summed E-state index contributed by atoms with van der Waals surface area (Å²) in [4.78, 5) is 12.8. The van der Waals surface area contributed by atoms with Crippen molar-refractivity contribution in [1.82, 2.24) is 0 Å². The number of methoxy groups -OCH3 is 1. The highest BCUT2D eigenvalue weighted by atomic mass is 32.1. The molecule has 0 N–H and O–H groups in total. The molecule has 1 saturated carbocycles. The van der Waals surface area contributed by atoms with Crippen LogP contribution >= 0.6 is 11.3 Å². The van der Waals surface area contributed by atoms with Gasteiger partial charge in [0, 0.05) is 17.4 Å². The highest BCUT2D eigenvalue weighted by molar-refractivity contribution is 7.12. The normalized spacial score (nSPS) is 17.2. The molecule has 0 unspecified atom stereocenters. The summed E-state index contributed by atoms with van der Waals surface area (Å²) in [5.74, 6) is 1.39. The Labute approximate surface area is 87.9 Å². The molecule has 1 aromatic heterocycles. The maximum Gasteiger partial charge on any atom is 0.175 e. The molecule has 0 amide bonds. The lowest BCUT2D eigenvalue weighted by atomic mass is 10.0. The highest BCUT2D eigenvalue weighted by Crippen LogP contribution is 2.31. The van der Waals surface area contributed by atoms with Gasteiger partial charge in [-0.3, -0.25) is 4.79 Å². The Hall–Kier alpha value is -0.830. The lowest BCUT2D eigenvalue weighted by Gasteiger charge is -2.04. The number of ketones is 1. The summed E-state index contributed by atoms with van der Waals surface area (Å²) in [6, 6.07) is 1.85. The number of carbonyl (C=O) groups is 1. The topological polar surface area (TPSA) is 26.3 Å². The monoisotopic (exact) mass is 210 g/mol. The molecule has 2 nitrogen and oxygen atoms in total. The van der Waals surface area contributed by atoms with E-state index in [1.807, 2.05) is 11.4 Å². The van der Waals surface area contributed by atoms with E-state index in [4.69, 9.17) is 4.74 Å². The van der Waals surface area contributed by atoms with Crippen molar-refractivity contribution in [3.05, 3.63) is 16.3 Å². The Morgan fingerprint density at radius 2 is 2.21 bits per heavy atom. The van der Waals surface area contributed by atoms with E-state index < -0.39 is 0 Å². The van der Waals surface area contributed by atoms with Crippen LogP contribution in [0.25, 0.3) is 0 Å². The van der Waals surface area contributed by atoms with Gasteiger partial charge < -0.3 is 4.74 Å². The molecule has 1 heterocycles. The molecule has 0 bridgehead atoms. The van der Waals surface area contributed by atoms with E-state index in [-0.39, 0.29) is 5.92 Å². The predicted molar refractivity (Wildman–Crippen MR) is 57.2 cm³/mol. The maximum atomic E-state index is 11.9. The van der Waals surface area contributed by atoms with E-state index in [1.165, 1.54) is 24.2 Å². The second-order valence-electron chi connectivity index (χ2n) is 3.70. The maximum absolute atomic E-state index is 11.9. The number of thiophene rings is 1. The number of hydrogen-bond acceptors (Lipinski definition) is 3. The summed E-state index contributed by atoms with van der Waals surface area (Å²) in [6.45, 7) is 0. The van der Waals surface area contributed by atoms with Crippen LogP contribution in [0.4, 0.5) is 0 Å². The third-order valence-electron chi connectivity index (χ3n) is 2.78. The lowest BCUT2D eigenvalue weighted by molar-refractivity contribution is 0.0927. The van der Waals surface area contributed by atoms with Crippen LogP contribution in [0.1, 0.15) is 35.4 Å². The number of carbonyl (C=O) groups excluding carboxylic acids is 1. The smallest absolute Gasteiger partial charge is 0.175 e. The zero-order valence-electron chi connectivity index (χ0n) is 8.29. The summed E-state index contributed by atoms with van der Waals surface area (Å²) in [5, 5.41) is 1.89. The first-order chi connectivity index (χ1) is 6.81. The molecule has 1 aliphatic rings. The van der Waals surface area contributed by atoms with E-state index in [0.717, 1.165) is 23.5 Å². The first-order valence-corrected chi connectivity index (χ1v) is 5.86. The third kappa shape index (κ3) is 1.82. The Balaban J connectivity index is 2.09. The molecule has 2 rings (SSSR count). The standard InChI is InChI=1S/C11H14O2S/c1-13-9-6-10(14-7-9)11(12)8-4-2-3-5-8/h6-8H,2-5H2,1H3. The molecule has 3 heteroatoms. The van der Waals surface area contributed by atoms with E-state index >= 15 is 0 Å². The van der Waals surface area contributed by atoms with Crippen LogP contribution in [0.3, 0.4) is 0 Å². The predicted octanol–water partition coefficient (Wildman–Crippen LogP) is 3.13. The summed E-state index contributed by atoms with van der Waals surface area (Å²) < 4.78 is 5.07. The molecule has 0 radical (unpaired) electrons. The van der Waals surface area contributed by atoms with E-state index in [1.54, 1.807) is 7.11 Å². The van der Waals surface area contributed by atoms with Crippen LogP contribution in [-0.4, -0.2) is 12.9 Å². The van der Waals surface area contributed by atoms with Crippen LogP contribution in [-0.2, 0) is 0 Å². The van der Waals surface area contributed by atoms with Gasteiger partial charge in [0.15, 0.2) is 5.78 Å². The third-order valence-corrected chi connectivity index (χ3v) is 3.70. The van der Waals surface area contributed by atoms with Gasteiger partial charge in [0.1, 0.15) is 5.75 Å². The first kappa shape index (κ1) is 9.71. The molecule has 76 valence electrons. The number of Topliss-reactive ketones (excluding diaryl/α,β-unsaturated/α-hetero) is 1. The minimum absolute atomic E-state index is 0.276. The van der Waals surface area contributed by atoms with Gasteiger partial charge in [-0.1, -0.05) is 12.8 Å². The van der Waals surface area contributed by atoms with E-state index in [0.29, 0.717) is 5.78 Å². The van der Waals surface area contributed by atoms with Crippen molar-refractivity contribution in [3.8, 4) is 5.75 Å². The van der Waals surface area contributed by atoms with Gasteiger partial charge in [-0.05, 0) is 12.8 Å². The van der Waals surface area contributed by atoms with Crippen molar-refractivity contribution in [2.75, 3.05) is 7.11 Å². The van der Waals surface area contributed by atoms with E-state index in [9.17, 15) is 4.79 Å². The fraction of sp³-hybridized carbons (Fsp3) is 0.545. The Morgan fingerprint density at radius 3 is 2.79 bits per heavy atom. The van der Waals surface area contributed by atoms with Crippen LogP contribution in [0.5, 0.6) is 5.75 Å². The molecule has 0 aromatic carbocycles. The van der Waals surface area contributed by atoms with Gasteiger partial charge >= 0.3 is 0 Å². The molecule has 0 aliphatic heterocycles. The van der Waals surface area contributed by atoms with Crippen molar-refractivity contribution in [3.63, 3.8) is 0 Å². The molecule has 1 fully saturated rings. The average molecular weight is 210 g/mol. The molecule has 0 spiro atoms. The van der Waals surface area contributed by atoms with Gasteiger partial charge in [0.25, 0.3) is 0 Å². The minimum Gasteiger partial charge on any atom is -0.496 e. The van der Waals surface area contributed by atoms with Gasteiger partial charge in [-0.25, -0.2) is 0 Å². The van der Waals surface area contributed by atoms with Crippen molar-refractivity contribution >= 4 is 17.1 Å². The Bertz CT molecular complexity index is 324. The summed E-state index contributed by atoms with van der Waals surface area (Å²) in [6.07, 6.45) is 4.55. The molecule has 0 atom stereocenters. The van der Waals surface area contributed by atoms with Crippen molar-refractivity contribution in [2.45, 2.75) is 25.7 Å². The largest absolute Gasteiger partial charge is 0.496 e. The molecule has 14 heavy (non-hydrogen) atoms. The van der Waals surface area contributed by atoms with Crippen molar-refractivity contribution < 1.29 is 9.53 Å². The summed E-state index contributed by atoms with van der Waals surface area (Å²) in [5.41, 5.74) is 0. The van der Waals surface area contributed by atoms with Crippen LogP contribution in [0.15, 0.2) is 11.4 Å². The van der Waals surface area contributed by atoms with E-state index in [2.05, 4.69) is 0 Å². The number of ether oxygens (including phenoxy) is 1. The minimum atomic E-state index is 0.276. The average Bonchev–Trinajstić information content (AvgIpc) is 2.88. The van der Waals surface area contributed by atoms with Crippen molar-refractivity contribution in [2.24, 2.45) is 5.92 Å². The molecule has 1 aliphatic carbocycles. The fourth-order valence-electron chi connectivity index (χ4n) is 1.94. The quantitative estimate of drug-likeness (QED) is 0.716. The zero-order valence-corrected chi connectivity index (χ0v) is 9.10. The van der Waals surface area contributed by atoms with Crippen LogP contribution < -0.4 is 4.74 Å². The van der Waals surface area contributed by atoms with Gasteiger partial charge in [-0.2, -0.15) is 0 Å². The van der Waals surface area contributed by atoms with Crippen molar-refractivity contribution in [1.29, 1.82) is 0 Å². The Kier molecular flexibility index (Phi) is 2.87. The number of rotatable bonds is 3. The van der Waals surface area contributed by atoms with Gasteiger partial charge in [0.05, 0.1) is 12.0 Å². The van der Waals surface area contributed by atoms with Crippen LogP contribution in [0.2, 0.25) is 0 Å². The molecule has 0 saturated heterocycles. The summed E-state index contributed by atoms with van der Waals surface area (Å²) in [7, 11) is 1.63. The lowest BCUT2D eigenvalue weighted by Crippen LogP contribution is -2.08. The Morgan fingerprint density at radius 1 is 1.50 bits per heavy atom. The highest BCUT2D eigenvalue weighted by Gasteiger charge is 2.24. The molecule has 1 aromatic rings. The number of hydrogen-bond donors (Lipinski definition) is 0. The SMILES string of the molecule is COc1csc(C(=O)C2CCCC2)c1. The molecular weight excluding hydrogens is 196 g/mol. The zero-order chi connectivity index (χ0) is 9.97. The second-order valence-corrected chi connectivity index (χ2v) is 4.61. The second kappa shape index (κ2) is 4.13. The fourth-order valence-corrected chi connectivity index (χ4v) is 2.82. The van der Waals surface area contributed by atoms with Gasteiger partial charge in [0.2, 0.25) is 0 Å². The summed E-state index contributed by atoms with van der Waals surface area (Å²) >= 11 is 1.49. The van der Waals surface area contributed by atoms with Gasteiger partial charge in [-0.15, -0.1) is 11.3 Å². The first-order valence-electron chi connectivity index (χ1n) is 4.98.